The van der Waals surface area contributed by atoms with Crippen LogP contribution in [0.3, 0.4) is 0 Å². The van der Waals surface area contributed by atoms with Crippen LogP contribution < -0.4 is 4.74 Å². The van der Waals surface area contributed by atoms with Crippen molar-refractivity contribution in [1.82, 2.24) is 0 Å². The van der Waals surface area contributed by atoms with Gasteiger partial charge in [-0.15, -0.1) is 0 Å². The molecule has 2 heteroatoms. The summed E-state index contributed by atoms with van der Waals surface area (Å²) in [5.74, 6) is 0.289. The molecule has 0 atom stereocenters. The minimum atomic E-state index is -0.387. The van der Waals surface area contributed by atoms with Crippen molar-refractivity contribution in [2.24, 2.45) is 0 Å². The normalized spacial score (nSPS) is 10.6. The van der Waals surface area contributed by atoms with Crippen molar-refractivity contribution in [2.45, 2.75) is 90.4 Å². The lowest BCUT2D eigenvalue weighted by atomic mass is 10.0. The third-order valence-corrected chi connectivity index (χ3v) is 4.65. The lowest BCUT2D eigenvalue weighted by molar-refractivity contribution is -0.129. The molecule has 1 aromatic rings. The number of esters is 1. The van der Waals surface area contributed by atoms with Crippen molar-refractivity contribution in [3.63, 3.8) is 0 Å². The summed E-state index contributed by atoms with van der Waals surface area (Å²) in [7, 11) is 0. The van der Waals surface area contributed by atoms with Gasteiger partial charge in [0.05, 0.1) is 0 Å². The summed E-state index contributed by atoms with van der Waals surface area (Å²) in [4.78, 5) is 11.4. The Labute approximate surface area is 154 Å². The van der Waals surface area contributed by atoms with Crippen molar-refractivity contribution < 1.29 is 9.53 Å². The SMILES string of the molecule is C=CC(=O)Oc1ccccc1CCCCCCCCCCCCCC. The molecule has 0 N–H and O–H groups in total. The van der Waals surface area contributed by atoms with Gasteiger partial charge >= 0.3 is 5.97 Å². The molecule has 0 aliphatic rings. The minimum absolute atomic E-state index is 0.387. The molecule has 0 aliphatic heterocycles. The number of hydrogen-bond donors (Lipinski definition) is 0. The third-order valence-electron chi connectivity index (χ3n) is 4.65. The third kappa shape index (κ3) is 10.8. The number of rotatable bonds is 15. The standard InChI is InChI=1S/C23H36O2/c1-3-5-6-7-8-9-10-11-12-13-14-15-18-21-19-16-17-20-22(21)25-23(24)4-2/h4,16-17,19-20H,2-3,5-15,18H2,1H3. The van der Waals surface area contributed by atoms with Gasteiger partial charge in [-0.1, -0.05) is 102 Å². The Balaban J connectivity index is 2.05. The molecule has 0 saturated heterocycles. The fourth-order valence-electron chi connectivity index (χ4n) is 3.12. The molecule has 1 aromatic carbocycles. The second-order valence-corrected chi connectivity index (χ2v) is 6.87. The van der Waals surface area contributed by atoms with Gasteiger partial charge in [0.1, 0.15) is 5.75 Å². The zero-order valence-electron chi connectivity index (χ0n) is 16.1. The average molecular weight is 345 g/mol. The predicted octanol–water partition coefficient (Wildman–Crippen LogP) is 7.02. The first-order valence-corrected chi connectivity index (χ1v) is 10.2. The highest BCUT2D eigenvalue weighted by Gasteiger charge is 2.06. The van der Waals surface area contributed by atoms with E-state index in [-0.39, 0.29) is 5.97 Å². The van der Waals surface area contributed by atoms with Gasteiger partial charge in [-0.25, -0.2) is 4.79 Å². The van der Waals surface area contributed by atoms with Crippen molar-refractivity contribution in [3.8, 4) is 5.75 Å². The van der Waals surface area contributed by atoms with E-state index in [1.54, 1.807) is 0 Å². The summed E-state index contributed by atoms with van der Waals surface area (Å²) in [6, 6.07) is 7.81. The van der Waals surface area contributed by atoms with E-state index in [1.165, 1.54) is 76.7 Å². The van der Waals surface area contributed by atoms with Crippen LogP contribution in [-0.4, -0.2) is 5.97 Å². The smallest absolute Gasteiger partial charge is 0.335 e. The van der Waals surface area contributed by atoms with Gasteiger partial charge in [-0.3, -0.25) is 0 Å². The largest absolute Gasteiger partial charge is 0.423 e. The van der Waals surface area contributed by atoms with Gasteiger partial charge < -0.3 is 4.74 Å². The molecule has 0 amide bonds. The fourth-order valence-corrected chi connectivity index (χ4v) is 3.12. The summed E-state index contributed by atoms with van der Waals surface area (Å²) in [5.41, 5.74) is 1.12. The molecule has 2 nitrogen and oxygen atoms in total. The molecular formula is C23H36O2. The summed E-state index contributed by atoms with van der Waals surface area (Å²) in [6.45, 7) is 5.72. The number of benzene rings is 1. The molecule has 0 saturated carbocycles. The van der Waals surface area contributed by atoms with E-state index in [2.05, 4.69) is 13.5 Å². The molecule has 25 heavy (non-hydrogen) atoms. The molecule has 0 heterocycles. The lowest BCUT2D eigenvalue weighted by Gasteiger charge is -2.08. The Kier molecular flexibility index (Phi) is 12.7. The molecule has 0 spiro atoms. The van der Waals surface area contributed by atoms with Crippen molar-refractivity contribution in [3.05, 3.63) is 42.5 Å². The zero-order valence-corrected chi connectivity index (χ0v) is 16.1. The summed E-state index contributed by atoms with van der Waals surface area (Å²) < 4.78 is 5.30. The van der Waals surface area contributed by atoms with Gasteiger partial charge in [-0.2, -0.15) is 0 Å². The van der Waals surface area contributed by atoms with E-state index >= 15 is 0 Å². The van der Waals surface area contributed by atoms with Gasteiger partial charge in [0.2, 0.25) is 0 Å². The van der Waals surface area contributed by atoms with E-state index in [9.17, 15) is 4.79 Å². The van der Waals surface area contributed by atoms with E-state index in [0.29, 0.717) is 5.75 Å². The van der Waals surface area contributed by atoms with Crippen LogP contribution in [0.15, 0.2) is 36.9 Å². The quantitative estimate of drug-likeness (QED) is 0.148. The molecule has 1 rings (SSSR count). The van der Waals surface area contributed by atoms with Gasteiger partial charge in [0.25, 0.3) is 0 Å². The fraction of sp³-hybridized carbons (Fsp3) is 0.609. The van der Waals surface area contributed by atoms with Crippen LogP contribution in [0.25, 0.3) is 0 Å². The lowest BCUT2D eigenvalue weighted by Crippen LogP contribution is -2.05. The topological polar surface area (TPSA) is 26.3 Å². The van der Waals surface area contributed by atoms with Crippen LogP contribution in [0.5, 0.6) is 5.75 Å². The maximum Gasteiger partial charge on any atom is 0.335 e. The molecule has 0 bridgehead atoms. The first-order chi connectivity index (χ1) is 12.3. The van der Waals surface area contributed by atoms with Crippen molar-refractivity contribution >= 4 is 5.97 Å². The highest BCUT2D eigenvalue weighted by Crippen LogP contribution is 2.21. The van der Waals surface area contributed by atoms with E-state index in [1.807, 2.05) is 24.3 Å². The van der Waals surface area contributed by atoms with Crippen LogP contribution in [0.2, 0.25) is 0 Å². The van der Waals surface area contributed by atoms with Gasteiger partial charge in [0, 0.05) is 6.08 Å². The molecule has 0 fully saturated rings. The van der Waals surface area contributed by atoms with E-state index in [0.717, 1.165) is 18.4 Å². The molecule has 140 valence electrons. The number of aryl methyl sites for hydroxylation is 1. The van der Waals surface area contributed by atoms with Crippen LogP contribution in [0.4, 0.5) is 0 Å². The monoisotopic (exact) mass is 344 g/mol. The Morgan fingerprint density at radius 3 is 1.96 bits per heavy atom. The molecule has 0 aromatic heterocycles. The average Bonchev–Trinajstić information content (AvgIpc) is 2.63. The van der Waals surface area contributed by atoms with Gasteiger partial charge in [0.15, 0.2) is 0 Å². The number of carbonyl (C=O) groups is 1. The Bertz CT molecular complexity index is 479. The van der Waals surface area contributed by atoms with Crippen molar-refractivity contribution in [1.29, 1.82) is 0 Å². The van der Waals surface area contributed by atoms with Crippen molar-refractivity contribution in [2.75, 3.05) is 0 Å². The van der Waals surface area contributed by atoms with Gasteiger partial charge in [-0.05, 0) is 24.5 Å². The number of carbonyl (C=O) groups excluding carboxylic acids is 1. The second-order valence-electron chi connectivity index (χ2n) is 6.87. The molecule has 0 radical (unpaired) electrons. The maximum absolute atomic E-state index is 11.4. The highest BCUT2D eigenvalue weighted by atomic mass is 16.5. The first kappa shape index (κ1) is 21.5. The molecule has 0 unspecified atom stereocenters. The number of unbranched alkanes of at least 4 members (excludes halogenated alkanes) is 11. The minimum Gasteiger partial charge on any atom is -0.423 e. The maximum atomic E-state index is 11.4. The number of para-hydroxylation sites is 1. The number of hydrogen-bond acceptors (Lipinski definition) is 2. The Morgan fingerprint density at radius 1 is 0.880 bits per heavy atom. The summed E-state index contributed by atoms with van der Waals surface area (Å²) in [5, 5.41) is 0. The Hall–Kier alpha value is -1.57. The second kappa shape index (κ2) is 14.7. The zero-order chi connectivity index (χ0) is 18.2. The van der Waals surface area contributed by atoms with Crippen LogP contribution >= 0.6 is 0 Å². The Morgan fingerprint density at radius 2 is 1.40 bits per heavy atom. The predicted molar refractivity (Wildman–Crippen MR) is 107 cm³/mol. The molecular weight excluding hydrogens is 308 g/mol. The highest BCUT2D eigenvalue weighted by molar-refractivity contribution is 5.83. The summed E-state index contributed by atoms with van der Waals surface area (Å²) in [6.07, 6.45) is 18.4. The first-order valence-electron chi connectivity index (χ1n) is 10.2. The summed E-state index contributed by atoms with van der Waals surface area (Å²) >= 11 is 0. The van der Waals surface area contributed by atoms with E-state index < -0.39 is 0 Å². The van der Waals surface area contributed by atoms with E-state index in [4.69, 9.17) is 4.74 Å². The van der Waals surface area contributed by atoms with Crippen LogP contribution in [0.1, 0.15) is 89.5 Å². The molecule has 0 aliphatic carbocycles. The van der Waals surface area contributed by atoms with Crippen LogP contribution in [0, 0.1) is 0 Å². The number of ether oxygens (including phenoxy) is 1. The van der Waals surface area contributed by atoms with Crippen LogP contribution in [-0.2, 0) is 11.2 Å².